The summed E-state index contributed by atoms with van der Waals surface area (Å²) >= 11 is 0. The van der Waals surface area contributed by atoms with Gasteiger partial charge in [-0.2, -0.15) is 0 Å². The van der Waals surface area contributed by atoms with Gasteiger partial charge in [-0.25, -0.2) is 0 Å². The van der Waals surface area contributed by atoms with Gasteiger partial charge in [0.2, 0.25) is 0 Å². The highest BCUT2D eigenvalue weighted by atomic mass is 16.8. The fraction of sp³-hybridized carbons (Fsp3) is 1.00. The van der Waals surface area contributed by atoms with Crippen molar-refractivity contribution in [2.45, 2.75) is 19.0 Å². The lowest BCUT2D eigenvalue weighted by atomic mass is 9.91. The van der Waals surface area contributed by atoms with Crippen LogP contribution < -0.4 is 0 Å². The van der Waals surface area contributed by atoms with Crippen LogP contribution in [0.1, 0.15) is 6.42 Å². The van der Waals surface area contributed by atoms with Gasteiger partial charge in [-0.15, -0.1) is 0 Å². The Balaban J connectivity index is 1.83. The Morgan fingerprint density at radius 1 is 0.750 bits per heavy atom. The fourth-order valence-corrected chi connectivity index (χ4v) is 3.49. The van der Waals surface area contributed by atoms with Gasteiger partial charge in [-0.05, 0) is 18.3 Å². The van der Waals surface area contributed by atoms with Gasteiger partial charge in [0.05, 0.1) is 13.2 Å². The van der Waals surface area contributed by atoms with Crippen molar-refractivity contribution in [2.24, 2.45) is 23.7 Å². The van der Waals surface area contributed by atoms with Crippen LogP contribution in [0.25, 0.3) is 0 Å². The molecule has 6 atom stereocenters. The van der Waals surface area contributed by atoms with E-state index in [0.717, 1.165) is 25.0 Å². The zero-order valence-electron chi connectivity index (χ0n) is 6.81. The molecule has 0 aromatic heterocycles. The van der Waals surface area contributed by atoms with E-state index in [1.54, 1.807) is 0 Å². The Kier molecular flexibility index (Phi) is 0.986. The first-order valence-corrected chi connectivity index (χ1v) is 4.82. The standard InChI is InChI=1S/C9H12O3/c1-4-6-2-10-8(4)12-9-5(1)7(6)3-11-9/h4-9H,1-3H2. The van der Waals surface area contributed by atoms with Crippen molar-refractivity contribution < 1.29 is 14.2 Å². The molecule has 1 saturated carbocycles. The monoisotopic (exact) mass is 168 g/mol. The summed E-state index contributed by atoms with van der Waals surface area (Å²) in [6.07, 6.45) is 1.42. The van der Waals surface area contributed by atoms with E-state index in [1.165, 1.54) is 6.42 Å². The van der Waals surface area contributed by atoms with Crippen molar-refractivity contribution in [3.63, 3.8) is 0 Å². The van der Waals surface area contributed by atoms with Crippen molar-refractivity contribution in [1.29, 1.82) is 0 Å². The molecule has 66 valence electrons. The predicted molar refractivity (Wildman–Crippen MR) is 39.1 cm³/mol. The summed E-state index contributed by atoms with van der Waals surface area (Å²) < 4.78 is 16.9. The average molecular weight is 168 g/mol. The molecule has 3 saturated heterocycles. The second-order valence-corrected chi connectivity index (χ2v) is 4.43. The van der Waals surface area contributed by atoms with E-state index in [-0.39, 0.29) is 12.6 Å². The minimum Gasteiger partial charge on any atom is -0.352 e. The third-order valence-corrected chi connectivity index (χ3v) is 4.07. The van der Waals surface area contributed by atoms with E-state index in [1.807, 2.05) is 0 Å². The molecule has 0 aromatic rings. The minimum absolute atomic E-state index is 0.0709. The van der Waals surface area contributed by atoms with E-state index in [4.69, 9.17) is 14.2 Å². The normalized spacial score (nSPS) is 66.0. The van der Waals surface area contributed by atoms with Gasteiger partial charge >= 0.3 is 0 Å². The molecule has 0 N–H and O–H groups in total. The van der Waals surface area contributed by atoms with Crippen LogP contribution in [0.15, 0.2) is 0 Å². The fourth-order valence-electron chi connectivity index (χ4n) is 3.49. The van der Waals surface area contributed by atoms with E-state index in [0.29, 0.717) is 11.8 Å². The number of hydrogen-bond acceptors (Lipinski definition) is 3. The number of hydrogen-bond donors (Lipinski definition) is 0. The van der Waals surface area contributed by atoms with Crippen LogP contribution in [0.3, 0.4) is 0 Å². The first kappa shape index (κ1) is 6.35. The van der Waals surface area contributed by atoms with Crippen molar-refractivity contribution in [3.8, 4) is 0 Å². The molecule has 3 heterocycles. The predicted octanol–water partition coefficient (Wildman–Crippen LogP) is 0.598. The third kappa shape index (κ3) is 0.543. The maximum absolute atomic E-state index is 5.71. The summed E-state index contributed by atoms with van der Waals surface area (Å²) in [6.45, 7) is 1.82. The molecule has 0 spiro atoms. The van der Waals surface area contributed by atoms with E-state index < -0.39 is 0 Å². The van der Waals surface area contributed by atoms with Gasteiger partial charge in [0.15, 0.2) is 12.6 Å². The molecular formula is C9H12O3. The molecule has 4 rings (SSSR count). The molecule has 0 amide bonds. The first-order chi connectivity index (χ1) is 5.93. The SMILES string of the molecule is C1C2C3OCC2C2COC(O3)C12. The lowest BCUT2D eigenvalue weighted by Crippen LogP contribution is -2.35. The van der Waals surface area contributed by atoms with E-state index >= 15 is 0 Å². The van der Waals surface area contributed by atoms with Crippen LogP contribution in [0.2, 0.25) is 0 Å². The van der Waals surface area contributed by atoms with Gasteiger partial charge in [0, 0.05) is 11.8 Å². The van der Waals surface area contributed by atoms with Crippen molar-refractivity contribution in [3.05, 3.63) is 0 Å². The molecule has 0 aromatic carbocycles. The Morgan fingerprint density at radius 2 is 1.33 bits per heavy atom. The Morgan fingerprint density at radius 3 is 1.92 bits per heavy atom. The zero-order chi connectivity index (χ0) is 7.71. The highest BCUT2D eigenvalue weighted by Gasteiger charge is 2.61. The summed E-state index contributed by atoms with van der Waals surface area (Å²) in [6, 6.07) is 0. The van der Waals surface area contributed by atoms with Crippen LogP contribution in [0, 0.1) is 23.7 Å². The Bertz CT molecular complexity index is 208. The molecular weight excluding hydrogens is 156 g/mol. The number of ether oxygens (including phenoxy) is 3. The minimum atomic E-state index is 0.0709. The van der Waals surface area contributed by atoms with Gasteiger partial charge in [-0.1, -0.05) is 0 Å². The highest BCUT2D eigenvalue weighted by molar-refractivity contribution is 5.02. The smallest absolute Gasteiger partial charge is 0.163 e. The molecule has 6 unspecified atom stereocenters. The van der Waals surface area contributed by atoms with Crippen molar-refractivity contribution >= 4 is 0 Å². The maximum Gasteiger partial charge on any atom is 0.163 e. The van der Waals surface area contributed by atoms with E-state index in [2.05, 4.69) is 0 Å². The largest absolute Gasteiger partial charge is 0.352 e. The maximum atomic E-state index is 5.71. The number of fused-ring (bicyclic) bond motifs is 1. The van der Waals surface area contributed by atoms with Gasteiger partial charge < -0.3 is 14.2 Å². The molecule has 1 aliphatic carbocycles. The summed E-state index contributed by atoms with van der Waals surface area (Å²) in [5, 5.41) is 0. The third-order valence-electron chi connectivity index (χ3n) is 4.07. The van der Waals surface area contributed by atoms with Crippen LogP contribution >= 0.6 is 0 Å². The Labute approximate surface area is 71.0 Å². The van der Waals surface area contributed by atoms with Crippen LogP contribution in [0.5, 0.6) is 0 Å². The molecule has 3 aliphatic heterocycles. The molecule has 2 bridgehead atoms. The average Bonchev–Trinajstić information content (AvgIpc) is 2.69. The van der Waals surface area contributed by atoms with Crippen molar-refractivity contribution in [1.82, 2.24) is 0 Å². The van der Waals surface area contributed by atoms with E-state index in [9.17, 15) is 0 Å². The summed E-state index contributed by atoms with van der Waals surface area (Å²) in [5.41, 5.74) is 0. The molecule has 3 nitrogen and oxygen atoms in total. The summed E-state index contributed by atoms with van der Waals surface area (Å²) in [5.74, 6) is 2.88. The molecule has 12 heavy (non-hydrogen) atoms. The van der Waals surface area contributed by atoms with Gasteiger partial charge in [0.25, 0.3) is 0 Å². The summed E-state index contributed by atoms with van der Waals surface area (Å²) in [4.78, 5) is 0. The lowest BCUT2D eigenvalue weighted by Gasteiger charge is -2.29. The van der Waals surface area contributed by atoms with Gasteiger partial charge in [-0.3, -0.25) is 0 Å². The van der Waals surface area contributed by atoms with Crippen LogP contribution in [0.4, 0.5) is 0 Å². The zero-order valence-corrected chi connectivity index (χ0v) is 6.81. The van der Waals surface area contributed by atoms with Crippen LogP contribution in [-0.2, 0) is 14.2 Å². The second kappa shape index (κ2) is 1.86. The number of rotatable bonds is 0. The first-order valence-electron chi connectivity index (χ1n) is 4.82. The second-order valence-electron chi connectivity index (χ2n) is 4.43. The highest BCUT2D eigenvalue weighted by Crippen LogP contribution is 2.56. The quantitative estimate of drug-likeness (QED) is 0.530. The molecule has 3 heteroatoms. The van der Waals surface area contributed by atoms with Crippen LogP contribution in [-0.4, -0.2) is 25.8 Å². The lowest BCUT2D eigenvalue weighted by molar-refractivity contribution is -0.260. The summed E-state index contributed by atoms with van der Waals surface area (Å²) in [7, 11) is 0. The topological polar surface area (TPSA) is 27.7 Å². The molecule has 0 radical (unpaired) electrons. The Hall–Kier alpha value is -0.120. The molecule has 4 fully saturated rings. The van der Waals surface area contributed by atoms with Gasteiger partial charge in [0.1, 0.15) is 0 Å². The molecule has 4 aliphatic rings. The van der Waals surface area contributed by atoms with Crippen molar-refractivity contribution in [2.75, 3.05) is 13.2 Å².